The van der Waals surface area contributed by atoms with Crippen LogP contribution >= 0.6 is 0 Å². The average Bonchev–Trinajstić information content (AvgIpc) is 2.19. The maximum absolute atomic E-state index is 5.51. The number of allylic oxidation sites excluding steroid dienone is 2. The Morgan fingerprint density at radius 1 is 1.62 bits per heavy atom. The summed E-state index contributed by atoms with van der Waals surface area (Å²) in [5.41, 5.74) is 5.36. The number of rotatable bonds is 5. The highest BCUT2D eigenvalue weighted by Gasteiger charge is 2.10. The first-order chi connectivity index (χ1) is 6.36. The Bertz CT molecular complexity index is 199. The van der Waals surface area contributed by atoms with Gasteiger partial charge >= 0.3 is 0 Å². The molecule has 0 aromatic rings. The van der Waals surface area contributed by atoms with Gasteiger partial charge < -0.3 is 15.2 Å². The first-order valence-electron chi connectivity index (χ1n) is 4.60. The summed E-state index contributed by atoms with van der Waals surface area (Å²) >= 11 is 0. The molecule has 0 radical (unpaired) electrons. The molecular formula is C10H17NO2. The summed E-state index contributed by atoms with van der Waals surface area (Å²) in [4.78, 5) is 0. The molecule has 0 unspecified atom stereocenters. The van der Waals surface area contributed by atoms with Crippen molar-refractivity contribution in [1.82, 2.24) is 0 Å². The molecule has 0 aliphatic heterocycles. The molecule has 0 bridgehead atoms. The van der Waals surface area contributed by atoms with Gasteiger partial charge in [0.25, 0.3) is 0 Å². The van der Waals surface area contributed by atoms with E-state index < -0.39 is 0 Å². The Morgan fingerprint density at radius 3 is 3.15 bits per heavy atom. The van der Waals surface area contributed by atoms with Gasteiger partial charge in [0, 0.05) is 13.5 Å². The van der Waals surface area contributed by atoms with Crippen LogP contribution in [0.1, 0.15) is 12.8 Å². The van der Waals surface area contributed by atoms with Gasteiger partial charge in [0.1, 0.15) is 0 Å². The highest BCUT2D eigenvalue weighted by molar-refractivity contribution is 5.16. The van der Waals surface area contributed by atoms with E-state index in [1.165, 1.54) is 0 Å². The van der Waals surface area contributed by atoms with Crippen molar-refractivity contribution < 1.29 is 9.47 Å². The Hall–Kier alpha value is -0.800. The van der Waals surface area contributed by atoms with Crippen molar-refractivity contribution in [3.8, 4) is 0 Å². The number of hydrogen-bond donors (Lipinski definition) is 1. The third kappa shape index (κ3) is 3.61. The lowest BCUT2D eigenvalue weighted by Crippen LogP contribution is -2.13. The summed E-state index contributed by atoms with van der Waals surface area (Å²) in [6.45, 7) is 1.38. The van der Waals surface area contributed by atoms with Crippen LogP contribution < -0.4 is 5.73 Å². The number of methoxy groups -OCH3 is 1. The summed E-state index contributed by atoms with van der Waals surface area (Å²) in [5, 5.41) is 0. The fraction of sp³-hybridized carbons (Fsp3) is 0.600. The maximum atomic E-state index is 5.51. The van der Waals surface area contributed by atoms with Crippen molar-refractivity contribution in [2.45, 2.75) is 18.9 Å². The average molecular weight is 183 g/mol. The van der Waals surface area contributed by atoms with Crippen LogP contribution in [-0.4, -0.2) is 26.4 Å². The van der Waals surface area contributed by atoms with Gasteiger partial charge in [-0.05, 0) is 19.0 Å². The Labute approximate surface area is 79.2 Å². The van der Waals surface area contributed by atoms with Crippen molar-refractivity contribution in [1.29, 1.82) is 0 Å². The van der Waals surface area contributed by atoms with Gasteiger partial charge in [-0.3, -0.25) is 0 Å². The first kappa shape index (κ1) is 10.3. The second-order valence-corrected chi connectivity index (χ2v) is 2.99. The molecule has 3 nitrogen and oxygen atoms in total. The van der Waals surface area contributed by atoms with Gasteiger partial charge in [-0.2, -0.15) is 0 Å². The van der Waals surface area contributed by atoms with Gasteiger partial charge in [0.2, 0.25) is 0 Å². The van der Waals surface area contributed by atoms with E-state index in [2.05, 4.69) is 0 Å². The minimum Gasteiger partial charge on any atom is -0.498 e. The van der Waals surface area contributed by atoms with E-state index in [0.717, 1.165) is 18.6 Å². The molecule has 0 saturated carbocycles. The van der Waals surface area contributed by atoms with Gasteiger partial charge in [-0.1, -0.05) is 12.2 Å². The van der Waals surface area contributed by atoms with Gasteiger partial charge in [-0.15, -0.1) is 0 Å². The molecule has 0 saturated heterocycles. The molecule has 0 spiro atoms. The molecule has 1 atom stereocenters. The molecule has 0 heterocycles. The van der Waals surface area contributed by atoms with Gasteiger partial charge in [0.05, 0.1) is 18.5 Å². The van der Waals surface area contributed by atoms with Crippen molar-refractivity contribution in [3.63, 3.8) is 0 Å². The molecule has 1 rings (SSSR count). The van der Waals surface area contributed by atoms with Crippen molar-refractivity contribution >= 4 is 0 Å². The minimum atomic E-state index is 0.165. The van der Waals surface area contributed by atoms with Crippen LogP contribution in [0.4, 0.5) is 0 Å². The van der Waals surface area contributed by atoms with E-state index in [-0.39, 0.29) is 6.10 Å². The topological polar surface area (TPSA) is 44.5 Å². The first-order valence-corrected chi connectivity index (χ1v) is 4.60. The van der Waals surface area contributed by atoms with Crippen molar-refractivity contribution in [2.24, 2.45) is 5.73 Å². The summed E-state index contributed by atoms with van der Waals surface area (Å²) in [6.07, 6.45) is 7.87. The third-order valence-corrected chi connectivity index (χ3v) is 1.95. The normalized spacial score (nSPS) is 21.4. The standard InChI is InChI=1S/C10H17NO2/c1-12-9-4-2-5-10(8-9)13-7-3-6-11/h2,4-5,9H,3,6-8,11H2,1H3/t9-/m1/s1. The lowest BCUT2D eigenvalue weighted by molar-refractivity contribution is 0.110. The molecule has 0 aromatic carbocycles. The molecule has 0 amide bonds. The Morgan fingerprint density at radius 2 is 2.46 bits per heavy atom. The zero-order valence-electron chi connectivity index (χ0n) is 8.03. The molecule has 0 fully saturated rings. The van der Waals surface area contributed by atoms with Crippen LogP contribution in [-0.2, 0) is 9.47 Å². The number of nitrogens with two attached hydrogens (primary N) is 1. The molecule has 2 N–H and O–H groups in total. The highest BCUT2D eigenvalue weighted by Crippen LogP contribution is 2.15. The molecular weight excluding hydrogens is 166 g/mol. The van der Waals surface area contributed by atoms with Crippen LogP contribution in [0, 0.1) is 0 Å². The Kier molecular flexibility index (Phi) is 4.57. The summed E-state index contributed by atoms with van der Waals surface area (Å²) in [6, 6.07) is 0. The second kappa shape index (κ2) is 5.78. The zero-order chi connectivity index (χ0) is 9.52. The predicted octanol–water partition coefficient (Wildman–Crippen LogP) is 1.21. The van der Waals surface area contributed by atoms with E-state index in [0.29, 0.717) is 13.2 Å². The van der Waals surface area contributed by atoms with Crippen LogP contribution in [0.15, 0.2) is 24.0 Å². The molecule has 1 aliphatic carbocycles. The van der Waals surface area contributed by atoms with Crippen LogP contribution in [0.25, 0.3) is 0 Å². The fourth-order valence-corrected chi connectivity index (χ4v) is 1.18. The number of hydrogen-bond acceptors (Lipinski definition) is 3. The quantitative estimate of drug-likeness (QED) is 0.651. The van der Waals surface area contributed by atoms with E-state index in [1.807, 2.05) is 18.2 Å². The third-order valence-electron chi connectivity index (χ3n) is 1.95. The monoisotopic (exact) mass is 183 g/mol. The van der Waals surface area contributed by atoms with Gasteiger partial charge in [0.15, 0.2) is 0 Å². The Balaban J connectivity index is 2.26. The molecule has 0 aromatic heterocycles. The SMILES string of the molecule is CO[C@@H]1C=CC=C(OCCCN)C1. The largest absolute Gasteiger partial charge is 0.498 e. The maximum Gasteiger partial charge on any atom is 0.0988 e. The minimum absolute atomic E-state index is 0.165. The van der Waals surface area contributed by atoms with Crippen LogP contribution in [0.5, 0.6) is 0 Å². The molecule has 13 heavy (non-hydrogen) atoms. The van der Waals surface area contributed by atoms with Crippen LogP contribution in [0.3, 0.4) is 0 Å². The molecule has 1 aliphatic rings. The van der Waals surface area contributed by atoms with E-state index in [4.69, 9.17) is 15.2 Å². The lowest BCUT2D eigenvalue weighted by atomic mass is 10.1. The van der Waals surface area contributed by atoms with E-state index in [9.17, 15) is 0 Å². The predicted molar refractivity (Wildman–Crippen MR) is 52.3 cm³/mol. The van der Waals surface area contributed by atoms with E-state index in [1.54, 1.807) is 7.11 Å². The summed E-state index contributed by atoms with van der Waals surface area (Å²) in [7, 11) is 1.71. The second-order valence-electron chi connectivity index (χ2n) is 2.99. The smallest absolute Gasteiger partial charge is 0.0988 e. The fourth-order valence-electron chi connectivity index (χ4n) is 1.18. The zero-order valence-corrected chi connectivity index (χ0v) is 8.03. The van der Waals surface area contributed by atoms with E-state index >= 15 is 0 Å². The molecule has 3 heteroatoms. The lowest BCUT2D eigenvalue weighted by Gasteiger charge is -2.17. The van der Waals surface area contributed by atoms with Crippen LogP contribution in [0.2, 0.25) is 0 Å². The highest BCUT2D eigenvalue weighted by atomic mass is 16.5. The van der Waals surface area contributed by atoms with Gasteiger partial charge in [-0.25, -0.2) is 0 Å². The molecule has 74 valence electrons. The number of ether oxygens (including phenoxy) is 2. The van der Waals surface area contributed by atoms with Crippen molar-refractivity contribution in [3.05, 3.63) is 24.0 Å². The summed E-state index contributed by atoms with van der Waals surface area (Å²) < 4.78 is 10.7. The summed E-state index contributed by atoms with van der Waals surface area (Å²) in [5.74, 6) is 0.989. The van der Waals surface area contributed by atoms with Crippen molar-refractivity contribution in [2.75, 3.05) is 20.3 Å².